The van der Waals surface area contributed by atoms with Crippen LogP contribution < -0.4 is 5.32 Å². The first-order valence-corrected chi connectivity index (χ1v) is 15.5. The van der Waals surface area contributed by atoms with Gasteiger partial charge in [0.2, 0.25) is 0 Å². The highest BCUT2D eigenvalue weighted by Crippen LogP contribution is 2.06. The second-order valence-corrected chi connectivity index (χ2v) is 9.30. The average Bonchev–Trinajstić information content (AvgIpc) is 3.00. The van der Waals surface area contributed by atoms with Crippen molar-refractivity contribution >= 4 is 0 Å². The van der Waals surface area contributed by atoms with Gasteiger partial charge >= 0.3 is 0 Å². The fourth-order valence-electron chi connectivity index (χ4n) is 3.56. The van der Waals surface area contributed by atoms with Crippen molar-refractivity contribution in [3.63, 3.8) is 0 Å². The van der Waals surface area contributed by atoms with Crippen LogP contribution in [0.3, 0.4) is 0 Å². The Bertz CT molecular complexity index is 488. The van der Waals surface area contributed by atoms with Crippen molar-refractivity contribution in [2.45, 2.75) is 38.7 Å². The van der Waals surface area contributed by atoms with Gasteiger partial charge in [-0.2, -0.15) is 0 Å². The Labute approximate surface area is 248 Å². The molecular weight excluding hydrogens is 538 g/mol. The lowest BCUT2D eigenvalue weighted by Gasteiger charge is -2.22. The highest BCUT2D eigenvalue weighted by molar-refractivity contribution is 4.67. The predicted octanol–water partition coefficient (Wildman–Crippen LogP) is 1.72. The lowest BCUT2D eigenvalue weighted by Crippen LogP contribution is -2.33. The molecule has 1 saturated heterocycles. The zero-order valence-corrected chi connectivity index (χ0v) is 25.7. The van der Waals surface area contributed by atoms with Crippen molar-refractivity contribution in [2.75, 3.05) is 152 Å². The summed E-state index contributed by atoms with van der Waals surface area (Å²) in [4.78, 5) is 0. The molecule has 1 fully saturated rings. The van der Waals surface area contributed by atoms with Gasteiger partial charge in [-0.15, -0.1) is 0 Å². The topological polar surface area (TPSA) is 114 Å². The van der Waals surface area contributed by atoms with Crippen molar-refractivity contribution in [2.24, 2.45) is 0 Å². The third-order valence-electron chi connectivity index (χ3n) is 5.86. The normalized spacial score (nSPS) is 14.3. The molecule has 12 heteroatoms. The minimum atomic E-state index is 0.376. The van der Waals surface area contributed by atoms with Crippen LogP contribution in [0.5, 0.6) is 0 Å². The Hall–Kier alpha value is -0.480. The van der Waals surface area contributed by atoms with E-state index < -0.39 is 0 Å². The van der Waals surface area contributed by atoms with Crippen molar-refractivity contribution in [3.05, 3.63) is 0 Å². The highest BCUT2D eigenvalue weighted by atomic mass is 16.6. The first-order valence-electron chi connectivity index (χ1n) is 15.5. The monoisotopic (exact) mass is 597 g/mol. The highest BCUT2D eigenvalue weighted by Gasteiger charge is 2.12. The zero-order chi connectivity index (χ0) is 29.2. The molecule has 0 aromatic heterocycles. The maximum atomic E-state index is 5.79. The molecule has 1 aliphatic rings. The van der Waals surface area contributed by atoms with Crippen LogP contribution in [0.4, 0.5) is 0 Å². The van der Waals surface area contributed by atoms with Gasteiger partial charge in [-0.1, -0.05) is 13.3 Å². The molecule has 0 bridgehead atoms. The van der Waals surface area contributed by atoms with E-state index in [1.54, 1.807) is 0 Å². The molecule has 246 valence electrons. The lowest BCUT2D eigenvalue weighted by molar-refractivity contribution is -0.0324. The average molecular weight is 598 g/mol. The first kappa shape index (κ1) is 38.5. The number of rotatable bonds is 34. The molecule has 0 aliphatic carbocycles. The van der Waals surface area contributed by atoms with Gasteiger partial charge < -0.3 is 57.4 Å². The van der Waals surface area contributed by atoms with Crippen molar-refractivity contribution in [1.29, 1.82) is 0 Å². The second-order valence-electron chi connectivity index (χ2n) is 9.30. The Morgan fingerprint density at radius 2 is 0.659 bits per heavy atom. The summed E-state index contributed by atoms with van der Waals surface area (Å²) in [6, 6.07) is 0. The van der Waals surface area contributed by atoms with Gasteiger partial charge in [0.25, 0.3) is 0 Å². The van der Waals surface area contributed by atoms with Gasteiger partial charge in [0.15, 0.2) is 0 Å². The SMILES string of the molecule is CCCCOCCOCCOCCOCCOCCOCCOCCOCCOCCOCCOC1CCNCC1. The third kappa shape index (κ3) is 30.8. The van der Waals surface area contributed by atoms with E-state index in [1.807, 2.05) is 0 Å². The number of hydrogen-bond acceptors (Lipinski definition) is 12. The molecule has 1 rings (SSSR count). The standard InChI is InChI=1S/C29H59NO11/c1-2-3-8-31-9-10-32-11-12-33-13-14-34-15-16-35-17-18-36-19-20-37-21-22-38-23-24-39-25-26-40-27-28-41-29-4-6-30-7-5-29/h29-30H,2-28H2,1H3. The summed E-state index contributed by atoms with van der Waals surface area (Å²) in [7, 11) is 0. The second kappa shape index (κ2) is 34.0. The summed E-state index contributed by atoms with van der Waals surface area (Å²) < 4.78 is 60.5. The molecule has 1 aliphatic heterocycles. The molecule has 1 heterocycles. The molecule has 0 aromatic carbocycles. The van der Waals surface area contributed by atoms with Crippen LogP contribution in [0, 0.1) is 0 Å². The minimum absolute atomic E-state index is 0.376. The van der Waals surface area contributed by atoms with Gasteiger partial charge in [-0.3, -0.25) is 0 Å². The Balaban J connectivity index is 1.60. The van der Waals surface area contributed by atoms with E-state index in [2.05, 4.69) is 12.2 Å². The lowest BCUT2D eigenvalue weighted by atomic mass is 10.1. The Morgan fingerprint density at radius 1 is 0.390 bits per heavy atom. The quantitative estimate of drug-likeness (QED) is 0.109. The maximum Gasteiger partial charge on any atom is 0.0704 e. The number of unbranched alkanes of at least 4 members (excludes halogenated alkanes) is 1. The molecular formula is C29H59NO11. The van der Waals surface area contributed by atoms with E-state index in [4.69, 9.17) is 52.1 Å². The van der Waals surface area contributed by atoms with Crippen molar-refractivity contribution in [1.82, 2.24) is 5.32 Å². The van der Waals surface area contributed by atoms with E-state index in [9.17, 15) is 0 Å². The van der Waals surface area contributed by atoms with Gasteiger partial charge in [-0.25, -0.2) is 0 Å². The Morgan fingerprint density at radius 3 is 0.951 bits per heavy atom. The van der Waals surface area contributed by atoms with E-state index in [-0.39, 0.29) is 0 Å². The summed E-state index contributed by atoms with van der Waals surface area (Å²) in [6.07, 6.45) is 4.79. The summed E-state index contributed by atoms with van der Waals surface area (Å²) >= 11 is 0. The fraction of sp³-hybridized carbons (Fsp3) is 1.00. The molecule has 0 radical (unpaired) electrons. The van der Waals surface area contributed by atoms with E-state index >= 15 is 0 Å². The molecule has 0 unspecified atom stereocenters. The minimum Gasteiger partial charge on any atom is -0.379 e. The molecule has 0 amide bonds. The van der Waals surface area contributed by atoms with Crippen LogP contribution in [0.2, 0.25) is 0 Å². The predicted molar refractivity (Wildman–Crippen MR) is 155 cm³/mol. The molecule has 1 N–H and O–H groups in total. The van der Waals surface area contributed by atoms with Gasteiger partial charge in [0.05, 0.1) is 138 Å². The molecule has 0 aromatic rings. The van der Waals surface area contributed by atoms with Crippen molar-refractivity contribution in [3.8, 4) is 0 Å². The summed E-state index contributed by atoms with van der Waals surface area (Å²) in [5.74, 6) is 0. The number of nitrogens with one attached hydrogen (secondary N) is 1. The van der Waals surface area contributed by atoms with E-state index in [1.165, 1.54) is 0 Å². The van der Waals surface area contributed by atoms with Crippen LogP contribution in [-0.2, 0) is 52.1 Å². The molecule has 0 spiro atoms. The summed E-state index contributed by atoms with van der Waals surface area (Å²) in [5, 5.41) is 3.33. The molecule has 41 heavy (non-hydrogen) atoms. The van der Waals surface area contributed by atoms with E-state index in [0.717, 1.165) is 45.4 Å². The summed E-state index contributed by atoms with van der Waals surface area (Å²) in [5.41, 5.74) is 0. The molecule has 0 atom stereocenters. The van der Waals surface area contributed by atoms with Gasteiger partial charge in [-0.05, 0) is 32.4 Å². The fourth-order valence-corrected chi connectivity index (χ4v) is 3.56. The maximum absolute atomic E-state index is 5.79. The van der Waals surface area contributed by atoms with Crippen LogP contribution in [-0.4, -0.2) is 158 Å². The van der Waals surface area contributed by atoms with Crippen molar-refractivity contribution < 1.29 is 52.1 Å². The zero-order valence-electron chi connectivity index (χ0n) is 25.7. The Kier molecular flexibility index (Phi) is 32.0. The largest absolute Gasteiger partial charge is 0.379 e. The third-order valence-corrected chi connectivity index (χ3v) is 5.86. The van der Waals surface area contributed by atoms with Gasteiger partial charge in [0, 0.05) is 6.61 Å². The number of ether oxygens (including phenoxy) is 11. The number of piperidine rings is 1. The van der Waals surface area contributed by atoms with Crippen LogP contribution >= 0.6 is 0 Å². The van der Waals surface area contributed by atoms with Crippen LogP contribution in [0.25, 0.3) is 0 Å². The summed E-state index contributed by atoms with van der Waals surface area (Å²) in [6.45, 7) is 16.2. The van der Waals surface area contributed by atoms with Crippen LogP contribution in [0.1, 0.15) is 32.6 Å². The van der Waals surface area contributed by atoms with Crippen LogP contribution in [0.15, 0.2) is 0 Å². The molecule has 0 saturated carbocycles. The number of hydrogen-bond donors (Lipinski definition) is 1. The molecule has 12 nitrogen and oxygen atoms in total. The van der Waals surface area contributed by atoms with E-state index in [0.29, 0.717) is 138 Å². The van der Waals surface area contributed by atoms with Gasteiger partial charge in [0.1, 0.15) is 0 Å². The smallest absolute Gasteiger partial charge is 0.0704 e. The first-order chi connectivity index (χ1) is 20.4.